The Morgan fingerprint density at radius 2 is 1.82 bits per heavy atom. The lowest BCUT2D eigenvalue weighted by Crippen LogP contribution is -2.23. The minimum absolute atomic E-state index is 0.406. The van der Waals surface area contributed by atoms with E-state index in [1.54, 1.807) is 24.3 Å². The summed E-state index contributed by atoms with van der Waals surface area (Å²) in [6, 6.07) is 6.64. The predicted octanol–water partition coefficient (Wildman–Crippen LogP) is 2.35. The molecule has 0 amide bonds. The van der Waals surface area contributed by atoms with Gasteiger partial charge in [0.1, 0.15) is 5.75 Å². The van der Waals surface area contributed by atoms with E-state index < -0.39 is 12.9 Å². The van der Waals surface area contributed by atoms with Crippen LogP contribution in [0.25, 0.3) is 0 Å². The Balaban J connectivity index is 3.24. The summed E-state index contributed by atoms with van der Waals surface area (Å²) in [6.07, 6.45) is 0. The van der Waals surface area contributed by atoms with Crippen LogP contribution < -0.4 is 4.74 Å². The lowest BCUT2D eigenvalue weighted by atomic mass is 10.1. The van der Waals surface area contributed by atoms with Gasteiger partial charge in [-0.3, -0.25) is 4.57 Å². The minimum atomic E-state index is -3.64. The van der Waals surface area contributed by atoms with E-state index >= 15 is 0 Å². The highest BCUT2D eigenvalue weighted by Crippen LogP contribution is 2.62. The molecule has 0 heterocycles. The molecule has 1 N–H and O–H groups in total. The first kappa shape index (κ1) is 14.2. The molecular weight excluding hydrogens is 243 g/mol. The van der Waals surface area contributed by atoms with Crippen LogP contribution in [0.5, 0.6) is 5.75 Å². The van der Waals surface area contributed by atoms with E-state index in [0.29, 0.717) is 11.3 Å². The third kappa shape index (κ3) is 2.53. The van der Waals surface area contributed by atoms with Gasteiger partial charge >= 0.3 is 7.60 Å². The van der Waals surface area contributed by atoms with E-state index in [1.165, 1.54) is 28.3 Å². The van der Waals surface area contributed by atoms with Gasteiger partial charge in [-0.25, -0.2) is 0 Å². The standard InChI is InChI=1S/C11H17O5P/c1-11(12,17(13,15-3)16-4)9-6-5-7-10(8-9)14-2/h5-8,12H,1-4H3/t11-/m1/s1. The summed E-state index contributed by atoms with van der Waals surface area (Å²) in [5.74, 6) is 0.557. The van der Waals surface area contributed by atoms with Gasteiger partial charge in [0.05, 0.1) is 7.11 Å². The molecule has 17 heavy (non-hydrogen) atoms. The SMILES string of the molecule is COc1cccc([C@](C)(O)P(=O)(OC)OC)c1. The summed E-state index contributed by atoms with van der Waals surface area (Å²) in [6.45, 7) is 1.38. The molecule has 1 rings (SSSR count). The fourth-order valence-corrected chi connectivity index (χ4v) is 2.82. The van der Waals surface area contributed by atoms with Crippen molar-refractivity contribution >= 4 is 7.60 Å². The molecule has 0 aromatic heterocycles. The van der Waals surface area contributed by atoms with Crippen LogP contribution in [0.2, 0.25) is 0 Å². The second kappa shape index (κ2) is 5.19. The number of hydrogen-bond acceptors (Lipinski definition) is 5. The van der Waals surface area contributed by atoms with E-state index in [4.69, 9.17) is 13.8 Å². The second-order valence-corrected chi connectivity index (χ2v) is 6.21. The Kier molecular flexibility index (Phi) is 4.33. The first-order chi connectivity index (χ1) is 7.91. The number of hydrogen-bond donors (Lipinski definition) is 1. The van der Waals surface area contributed by atoms with Crippen molar-refractivity contribution in [2.24, 2.45) is 0 Å². The van der Waals surface area contributed by atoms with Crippen LogP contribution in [0.4, 0.5) is 0 Å². The smallest absolute Gasteiger partial charge is 0.365 e. The molecule has 1 aromatic carbocycles. The van der Waals surface area contributed by atoms with Gasteiger partial charge in [-0.15, -0.1) is 0 Å². The van der Waals surface area contributed by atoms with Crippen molar-refractivity contribution in [3.05, 3.63) is 29.8 Å². The average molecular weight is 260 g/mol. The van der Waals surface area contributed by atoms with E-state index in [1.807, 2.05) is 0 Å². The third-order valence-corrected chi connectivity index (χ3v) is 4.92. The van der Waals surface area contributed by atoms with Crippen LogP contribution in [0.1, 0.15) is 12.5 Å². The molecule has 1 aromatic rings. The average Bonchev–Trinajstić information content (AvgIpc) is 2.37. The largest absolute Gasteiger partial charge is 0.497 e. The Labute approximate surface area is 101 Å². The van der Waals surface area contributed by atoms with Crippen LogP contribution in [-0.2, 0) is 19.0 Å². The summed E-state index contributed by atoms with van der Waals surface area (Å²) in [4.78, 5) is 0. The molecule has 0 unspecified atom stereocenters. The zero-order valence-corrected chi connectivity index (χ0v) is 11.2. The fourth-order valence-electron chi connectivity index (χ4n) is 1.51. The lowest BCUT2D eigenvalue weighted by molar-refractivity contribution is 0.0930. The number of methoxy groups -OCH3 is 1. The van der Waals surface area contributed by atoms with Crippen molar-refractivity contribution in [3.8, 4) is 5.75 Å². The summed E-state index contributed by atoms with van der Waals surface area (Å²) in [5, 5.41) is 8.62. The van der Waals surface area contributed by atoms with Crippen molar-refractivity contribution in [1.29, 1.82) is 0 Å². The first-order valence-corrected chi connectivity index (χ1v) is 6.54. The Morgan fingerprint density at radius 1 is 1.24 bits per heavy atom. The monoisotopic (exact) mass is 260 g/mol. The van der Waals surface area contributed by atoms with Crippen LogP contribution in [0.3, 0.4) is 0 Å². The molecule has 0 fully saturated rings. The van der Waals surface area contributed by atoms with Gasteiger partial charge in [0, 0.05) is 14.2 Å². The maximum absolute atomic E-state index is 12.2. The molecule has 0 spiro atoms. The van der Waals surface area contributed by atoms with Gasteiger partial charge in [-0.05, 0) is 24.6 Å². The van der Waals surface area contributed by atoms with Gasteiger partial charge in [-0.1, -0.05) is 12.1 Å². The van der Waals surface area contributed by atoms with E-state index in [-0.39, 0.29) is 0 Å². The fraction of sp³-hybridized carbons (Fsp3) is 0.455. The summed E-state index contributed by atoms with van der Waals surface area (Å²) in [5.41, 5.74) is 0.406. The highest BCUT2D eigenvalue weighted by atomic mass is 31.2. The molecule has 0 aliphatic heterocycles. The number of rotatable bonds is 5. The normalized spacial score (nSPS) is 15.4. The quantitative estimate of drug-likeness (QED) is 0.823. The number of benzene rings is 1. The Morgan fingerprint density at radius 3 is 2.29 bits per heavy atom. The highest BCUT2D eigenvalue weighted by Gasteiger charge is 2.46. The van der Waals surface area contributed by atoms with Crippen molar-refractivity contribution < 1.29 is 23.5 Å². The van der Waals surface area contributed by atoms with Gasteiger partial charge < -0.3 is 18.9 Å². The minimum Gasteiger partial charge on any atom is -0.497 e. The second-order valence-electron chi connectivity index (χ2n) is 3.62. The van der Waals surface area contributed by atoms with Gasteiger partial charge in [0.25, 0.3) is 0 Å². The zero-order chi connectivity index (χ0) is 13.1. The lowest BCUT2D eigenvalue weighted by Gasteiger charge is -2.30. The summed E-state index contributed by atoms with van der Waals surface area (Å²) >= 11 is 0. The van der Waals surface area contributed by atoms with Crippen LogP contribution in [0.15, 0.2) is 24.3 Å². The van der Waals surface area contributed by atoms with E-state index in [0.717, 1.165) is 0 Å². The molecule has 0 saturated carbocycles. The molecule has 0 saturated heterocycles. The number of ether oxygens (including phenoxy) is 1. The van der Waals surface area contributed by atoms with Crippen molar-refractivity contribution in [3.63, 3.8) is 0 Å². The molecule has 0 aliphatic rings. The summed E-state index contributed by atoms with van der Waals surface area (Å²) < 4.78 is 26.9. The molecule has 0 bridgehead atoms. The number of aliphatic hydroxyl groups is 1. The first-order valence-electron chi connectivity index (χ1n) is 5.00. The molecular formula is C11H17O5P. The Bertz CT molecular complexity index is 422. The summed E-state index contributed by atoms with van der Waals surface area (Å²) in [7, 11) is 0.348. The molecule has 0 radical (unpaired) electrons. The van der Waals surface area contributed by atoms with Crippen molar-refractivity contribution in [1.82, 2.24) is 0 Å². The molecule has 5 nitrogen and oxygen atoms in total. The maximum atomic E-state index is 12.2. The van der Waals surface area contributed by atoms with Crippen LogP contribution in [-0.4, -0.2) is 26.4 Å². The Hall–Kier alpha value is -0.870. The molecule has 1 atom stereocenters. The molecule has 96 valence electrons. The van der Waals surface area contributed by atoms with Crippen LogP contribution in [0, 0.1) is 0 Å². The van der Waals surface area contributed by atoms with Crippen molar-refractivity contribution in [2.45, 2.75) is 12.3 Å². The van der Waals surface area contributed by atoms with Gasteiger partial charge in [-0.2, -0.15) is 0 Å². The van der Waals surface area contributed by atoms with Crippen molar-refractivity contribution in [2.75, 3.05) is 21.3 Å². The highest BCUT2D eigenvalue weighted by molar-refractivity contribution is 7.54. The van der Waals surface area contributed by atoms with Gasteiger partial charge in [0.15, 0.2) is 5.34 Å². The third-order valence-electron chi connectivity index (χ3n) is 2.63. The van der Waals surface area contributed by atoms with E-state index in [9.17, 15) is 9.67 Å². The van der Waals surface area contributed by atoms with Crippen LogP contribution >= 0.6 is 7.60 Å². The zero-order valence-electron chi connectivity index (χ0n) is 10.3. The topological polar surface area (TPSA) is 65.0 Å². The maximum Gasteiger partial charge on any atom is 0.365 e. The van der Waals surface area contributed by atoms with Gasteiger partial charge in [0.2, 0.25) is 0 Å². The van der Waals surface area contributed by atoms with E-state index in [2.05, 4.69) is 0 Å². The molecule has 6 heteroatoms. The predicted molar refractivity (Wildman–Crippen MR) is 64.2 cm³/mol. The molecule has 0 aliphatic carbocycles.